The van der Waals surface area contributed by atoms with Crippen molar-refractivity contribution in [3.8, 4) is 11.5 Å². The zero-order valence-electron chi connectivity index (χ0n) is 16.1. The standard InChI is InChI=1S/C19H25NO7S/c1-4-5-14-6-7-16(17(10-14)25-3)26-11-18(21)27-13(2)19(22)20-15-8-9-28(23,24)12-15/h4-7,10,13,15H,8-9,11-12H2,1-3H3,(H,20,22)/b5-4+/t13-,15+/m0/s1. The van der Waals surface area contributed by atoms with E-state index < -0.39 is 40.5 Å². The number of benzene rings is 1. The van der Waals surface area contributed by atoms with Crippen LogP contribution in [-0.2, 0) is 24.2 Å². The van der Waals surface area contributed by atoms with Gasteiger partial charge < -0.3 is 19.5 Å². The molecule has 1 aliphatic heterocycles. The Hall–Kier alpha value is -2.55. The molecular weight excluding hydrogens is 386 g/mol. The van der Waals surface area contributed by atoms with Crippen LogP contribution in [0.25, 0.3) is 6.08 Å². The van der Waals surface area contributed by atoms with E-state index in [2.05, 4.69) is 5.32 Å². The molecule has 1 aromatic carbocycles. The maximum Gasteiger partial charge on any atom is 0.344 e. The Kier molecular flexibility index (Phi) is 7.45. The fourth-order valence-electron chi connectivity index (χ4n) is 2.75. The van der Waals surface area contributed by atoms with Crippen LogP contribution in [0.2, 0.25) is 0 Å². The molecule has 1 amide bonds. The van der Waals surface area contributed by atoms with Crippen molar-refractivity contribution in [2.45, 2.75) is 32.4 Å². The first-order valence-corrected chi connectivity index (χ1v) is 10.7. The maximum atomic E-state index is 12.1. The number of carbonyl (C=O) groups is 2. The van der Waals surface area contributed by atoms with Crippen LogP contribution in [0.15, 0.2) is 24.3 Å². The van der Waals surface area contributed by atoms with Crippen LogP contribution < -0.4 is 14.8 Å². The van der Waals surface area contributed by atoms with Crippen LogP contribution in [0.3, 0.4) is 0 Å². The minimum absolute atomic E-state index is 0.0502. The van der Waals surface area contributed by atoms with E-state index in [1.807, 2.05) is 25.1 Å². The molecule has 8 nitrogen and oxygen atoms in total. The summed E-state index contributed by atoms with van der Waals surface area (Å²) in [5.74, 6) is -0.456. The molecule has 9 heteroatoms. The van der Waals surface area contributed by atoms with Crippen molar-refractivity contribution in [3.05, 3.63) is 29.8 Å². The van der Waals surface area contributed by atoms with Gasteiger partial charge in [-0.25, -0.2) is 13.2 Å². The van der Waals surface area contributed by atoms with Crippen LogP contribution in [0, 0.1) is 0 Å². The molecule has 0 saturated carbocycles. The number of sulfone groups is 1. The van der Waals surface area contributed by atoms with Gasteiger partial charge in [-0.1, -0.05) is 18.2 Å². The van der Waals surface area contributed by atoms with E-state index in [0.717, 1.165) is 5.56 Å². The Morgan fingerprint density at radius 2 is 2.07 bits per heavy atom. The highest BCUT2D eigenvalue weighted by molar-refractivity contribution is 7.91. The van der Waals surface area contributed by atoms with Gasteiger partial charge in [0.2, 0.25) is 0 Å². The fourth-order valence-corrected chi connectivity index (χ4v) is 4.42. The molecule has 1 aromatic rings. The first-order valence-electron chi connectivity index (χ1n) is 8.88. The van der Waals surface area contributed by atoms with Crippen LogP contribution in [-0.4, -0.2) is 57.7 Å². The van der Waals surface area contributed by atoms with E-state index in [1.165, 1.54) is 14.0 Å². The molecule has 0 aliphatic carbocycles. The first kappa shape index (κ1) is 21.7. The van der Waals surface area contributed by atoms with Gasteiger partial charge in [0.1, 0.15) is 0 Å². The average Bonchev–Trinajstić information content (AvgIpc) is 2.98. The second-order valence-electron chi connectivity index (χ2n) is 6.44. The second kappa shape index (κ2) is 9.59. The van der Waals surface area contributed by atoms with Gasteiger partial charge in [0.25, 0.3) is 5.91 Å². The van der Waals surface area contributed by atoms with Crippen molar-refractivity contribution in [1.82, 2.24) is 5.32 Å². The van der Waals surface area contributed by atoms with Gasteiger partial charge in [0.15, 0.2) is 34.0 Å². The Morgan fingerprint density at radius 1 is 1.32 bits per heavy atom. The molecule has 0 radical (unpaired) electrons. The predicted octanol–water partition coefficient (Wildman–Crippen LogP) is 1.34. The van der Waals surface area contributed by atoms with Crippen molar-refractivity contribution in [1.29, 1.82) is 0 Å². The van der Waals surface area contributed by atoms with E-state index in [4.69, 9.17) is 14.2 Å². The van der Waals surface area contributed by atoms with Crippen molar-refractivity contribution in [2.75, 3.05) is 25.2 Å². The lowest BCUT2D eigenvalue weighted by molar-refractivity contribution is -0.156. The van der Waals surface area contributed by atoms with Crippen molar-refractivity contribution in [2.24, 2.45) is 0 Å². The summed E-state index contributed by atoms with van der Waals surface area (Å²) in [4.78, 5) is 24.0. The molecule has 2 atom stereocenters. The molecule has 1 heterocycles. The summed E-state index contributed by atoms with van der Waals surface area (Å²) in [6.45, 7) is 2.92. The van der Waals surface area contributed by atoms with Crippen molar-refractivity contribution in [3.63, 3.8) is 0 Å². The highest BCUT2D eigenvalue weighted by Crippen LogP contribution is 2.28. The van der Waals surface area contributed by atoms with Gasteiger partial charge in [0, 0.05) is 6.04 Å². The van der Waals surface area contributed by atoms with Gasteiger partial charge in [-0.2, -0.15) is 0 Å². The van der Waals surface area contributed by atoms with Crippen LogP contribution in [0.1, 0.15) is 25.8 Å². The van der Waals surface area contributed by atoms with Crippen LogP contribution in [0.5, 0.6) is 11.5 Å². The normalized spacial score (nSPS) is 19.2. The van der Waals surface area contributed by atoms with E-state index in [1.54, 1.807) is 12.1 Å². The molecule has 1 saturated heterocycles. The first-order chi connectivity index (χ1) is 13.2. The van der Waals surface area contributed by atoms with Gasteiger partial charge in [-0.3, -0.25) is 4.79 Å². The lowest BCUT2D eigenvalue weighted by Crippen LogP contribution is -2.43. The maximum absolute atomic E-state index is 12.1. The molecule has 0 spiro atoms. The quantitative estimate of drug-likeness (QED) is 0.643. The van der Waals surface area contributed by atoms with E-state index in [-0.39, 0.29) is 11.5 Å². The molecule has 2 rings (SSSR count). The molecule has 154 valence electrons. The number of amides is 1. The zero-order chi connectivity index (χ0) is 20.7. The summed E-state index contributed by atoms with van der Waals surface area (Å²) in [7, 11) is -1.61. The number of hydrogen-bond acceptors (Lipinski definition) is 7. The number of hydrogen-bond donors (Lipinski definition) is 1. The Morgan fingerprint density at radius 3 is 2.68 bits per heavy atom. The Bertz CT molecular complexity index is 848. The number of methoxy groups -OCH3 is 1. The molecule has 0 aromatic heterocycles. The number of allylic oxidation sites excluding steroid dienone is 1. The molecule has 1 N–H and O–H groups in total. The SMILES string of the molecule is C/C=C/c1ccc(OCC(=O)O[C@@H](C)C(=O)N[C@@H]2CCS(=O)(=O)C2)c(OC)c1. The number of ether oxygens (including phenoxy) is 3. The minimum Gasteiger partial charge on any atom is -0.493 e. The van der Waals surface area contributed by atoms with Gasteiger partial charge in [-0.05, 0) is 38.0 Å². The summed E-state index contributed by atoms with van der Waals surface area (Å²) < 4.78 is 38.6. The zero-order valence-corrected chi connectivity index (χ0v) is 17.0. The highest BCUT2D eigenvalue weighted by atomic mass is 32.2. The number of nitrogens with one attached hydrogen (secondary N) is 1. The van der Waals surface area contributed by atoms with E-state index >= 15 is 0 Å². The van der Waals surface area contributed by atoms with E-state index in [0.29, 0.717) is 17.9 Å². The topological polar surface area (TPSA) is 108 Å². The third-order valence-corrected chi connectivity index (χ3v) is 5.92. The van der Waals surface area contributed by atoms with Crippen LogP contribution >= 0.6 is 0 Å². The third-order valence-electron chi connectivity index (χ3n) is 4.15. The molecular formula is C19H25NO7S. The fraction of sp³-hybridized carbons (Fsp3) is 0.474. The summed E-state index contributed by atoms with van der Waals surface area (Å²) in [5.41, 5.74) is 0.925. The van der Waals surface area contributed by atoms with Crippen molar-refractivity contribution < 1.29 is 32.2 Å². The van der Waals surface area contributed by atoms with Gasteiger partial charge in [-0.15, -0.1) is 0 Å². The molecule has 1 aliphatic rings. The Balaban J connectivity index is 1.84. The molecule has 0 unspecified atom stereocenters. The highest BCUT2D eigenvalue weighted by Gasteiger charge is 2.30. The largest absolute Gasteiger partial charge is 0.493 e. The van der Waals surface area contributed by atoms with Gasteiger partial charge >= 0.3 is 5.97 Å². The lowest BCUT2D eigenvalue weighted by Gasteiger charge is -2.17. The third kappa shape index (κ3) is 6.26. The minimum atomic E-state index is -3.10. The van der Waals surface area contributed by atoms with Crippen LogP contribution in [0.4, 0.5) is 0 Å². The summed E-state index contributed by atoms with van der Waals surface area (Å²) in [5, 5.41) is 2.59. The smallest absolute Gasteiger partial charge is 0.344 e. The summed E-state index contributed by atoms with van der Waals surface area (Å²) in [6, 6.07) is 4.81. The van der Waals surface area contributed by atoms with Gasteiger partial charge in [0.05, 0.1) is 18.6 Å². The molecule has 0 bridgehead atoms. The van der Waals surface area contributed by atoms with E-state index in [9.17, 15) is 18.0 Å². The number of esters is 1. The molecule has 1 fully saturated rings. The number of rotatable bonds is 8. The number of carbonyl (C=O) groups excluding carboxylic acids is 2. The Labute approximate surface area is 164 Å². The summed E-state index contributed by atoms with van der Waals surface area (Å²) >= 11 is 0. The summed E-state index contributed by atoms with van der Waals surface area (Å²) in [6.07, 6.45) is 3.09. The predicted molar refractivity (Wildman–Crippen MR) is 104 cm³/mol. The lowest BCUT2D eigenvalue weighted by atomic mass is 10.2. The van der Waals surface area contributed by atoms with Crippen molar-refractivity contribution >= 4 is 27.8 Å². The monoisotopic (exact) mass is 411 g/mol. The molecule has 28 heavy (non-hydrogen) atoms. The second-order valence-corrected chi connectivity index (χ2v) is 8.67. The average molecular weight is 411 g/mol.